The number of rotatable bonds is 2. The van der Waals surface area contributed by atoms with E-state index < -0.39 is 0 Å². The normalized spacial score (nSPS) is 50.0. The van der Waals surface area contributed by atoms with Crippen LogP contribution in [0.2, 0.25) is 0 Å². The molecule has 0 aromatic carbocycles. The van der Waals surface area contributed by atoms with Crippen LogP contribution >= 0.6 is 0 Å². The number of hydrogen-bond acceptors (Lipinski definition) is 3. The summed E-state index contributed by atoms with van der Waals surface area (Å²) in [5.41, 5.74) is 2.19. The van der Waals surface area contributed by atoms with Gasteiger partial charge in [0.1, 0.15) is 0 Å². The van der Waals surface area contributed by atoms with Crippen LogP contribution in [-0.2, 0) is 9.53 Å². The maximum atomic E-state index is 13.6. The standard InChI is InChI=1S/C32H52O3/c1-9-35-26(34)32-18-16-27(2,3)20-22(32)21-10-11-24-29(6)14-13-25(33)28(4,5)23(29)12-15-31(24,8)30(21,7)17-19-32/h10,22-25,33H,9,11-20H2,1-8H3/t22-,23?,24-,25+,29+,30-,31-,32+/m1/s1. The van der Waals surface area contributed by atoms with Crippen LogP contribution in [0, 0.1) is 50.2 Å². The van der Waals surface area contributed by atoms with Crippen LogP contribution in [0.4, 0.5) is 0 Å². The van der Waals surface area contributed by atoms with Crippen LogP contribution in [0.25, 0.3) is 0 Å². The fourth-order valence-corrected chi connectivity index (χ4v) is 10.9. The van der Waals surface area contributed by atoms with E-state index in [0.29, 0.717) is 24.4 Å². The van der Waals surface area contributed by atoms with E-state index in [4.69, 9.17) is 4.74 Å². The van der Waals surface area contributed by atoms with Gasteiger partial charge in [-0.1, -0.05) is 60.1 Å². The van der Waals surface area contributed by atoms with E-state index in [0.717, 1.165) is 51.4 Å². The van der Waals surface area contributed by atoms with E-state index in [1.165, 1.54) is 12.8 Å². The van der Waals surface area contributed by atoms with Gasteiger partial charge in [0.05, 0.1) is 18.1 Å². The molecule has 5 rings (SSSR count). The van der Waals surface area contributed by atoms with E-state index in [9.17, 15) is 9.90 Å². The van der Waals surface area contributed by atoms with Crippen LogP contribution in [0.1, 0.15) is 120 Å². The third-order valence-electron chi connectivity index (χ3n) is 13.3. The molecule has 1 unspecified atom stereocenters. The molecule has 0 spiro atoms. The molecule has 198 valence electrons. The minimum atomic E-state index is -0.321. The summed E-state index contributed by atoms with van der Waals surface area (Å²) >= 11 is 0. The number of esters is 1. The van der Waals surface area contributed by atoms with Gasteiger partial charge >= 0.3 is 5.97 Å². The van der Waals surface area contributed by atoms with Gasteiger partial charge in [0.2, 0.25) is 0 Å². The quantitative estimate of drug-likeness (QED) is 0.322. The first-order valence-corrected chi connectivity index (χ1v) is 14.7. The number of fused-ring (bicyclic) bond motifs is 7. The molecular formula is C32H52O3. The molecule has 4 saturated carbocycles. The van der Waals surface area contributed by atoms with Gasteiger partial charge in [0.25, 0.3) is 0 Å². The van der Waals surface area contributed by atoms with E-state index in [1.54, 1.807) is 5.57 Å². The lowest BCUT2D eigenvalue weighted by Crippen LogP contribution is -2.65. The lowest BCUT2D eigenvalue weighted by atomic mass is 9.33. The molecule has 0 saturated heterocycles. The Hall–Kier alpha value is -0.830. The van der Waals surface area contributed by atoms with Crippen molar-refractivity contribution in [2.24, 2.45) is 50.2 Å². The third kappa shape index (κ3) is 3.28. The molecule has 3 nitrogen and oxygen atoms in total. The molecule has 0 aromatic heterocycles. The molecule has 3 heteroatoms. The molecule has 8 atom stereocenters. The summed E-state index contributed by atoms with van der Waals surface area (Å²) in [5.74, 6) is 1.61. The number of aliphatic hydroxyl groups excluding tert-OH is 1. The summed E-state index contributed by atoms with van der Waals surface area (Å²) in [5, 5.41) is 10.9. The summed E-state index contributed by atoms with van der Waals surface area (Å²) < 4.78 is 5.78. The minimum Gasteiger partial charge on any atom is -0.466 e. The topological polar surface area (TPSA) is 46.5 Å². The molecule has 5 aliphatic rings. The van der Waals surface area contributed by atoms with Crippen molar-refractivity contribution in [1.29, 1.82) is 0 Å². The summed E-state index contributed by atoms with van der Waals surface area (Å²) in [4.78, 5) is 13.6. The van der Waals surface area contributed by atoms with Gasteiger partial charge < -0.3 is 9.84 Å². The highest BCUT2D eigenvalue weighted by Gasteiger charge is 2.69. The summed E-state index contributed by atoms with van der Waals surface area (Å²) in [6.45, 7) is 19.7. The second-order valence-corrected chi connectivity index (χ2v) is 15.5. The highest BCUT2D eigenvalue weighted by atomic mass is 16.5. The van der Waals surface area contributed by atoms with E-state index in [2.05, 4.69) is 54.5 Å². The maximum absolute atomic E-state index is 13.6. The Bertz CT molecular complexity index is 916. The van der Waals surface area contributed by atoms with Crippen molar-refractivity contribution in [2.45, 2.75) is 126 Å². The van der Waals surface area contributed by atoms with Crippen molar-refractivity contribution >= 4 is 5.97 Å². The van der Waals surface area contributed by atoms with Crippen LogP contribution in [0.3, 0.4) is 0 Å². The molecule has 0 amide bonds. The smallest absolute Gasteiger partial charge is 0.312 e. The van der Waals surface area contributed by atoms with Gasteiger partial charge in [-0.15, -0.1) is 0 Å². The van der Waals surface area contributed by atoms with Gasteiger partial charge in [0.15, 0.2) is 0 Å². The lowest BCUT2D eigenvalue weighted by molar-refractivity contribution is -0.206. The molecule has 35 heavy (non-hydrogen) atoms. The Morgan fingerprint density at radius 3 is 2.31 bits per heavy atom. The predicted molar refractivity (Wildman–Crippen MR) is 142 cm³/mol. The minimum absolute atomic E-state index is 0.0156. The highest BCUT2D eigenvalue weighted by molar-refractivity contribution is 5.78. The summed E-state index contributed by atoms with van der Waals surface area (Å²) in [6, 6.07) is 0. The summed E-state index contributed by atoms with van der Waals surface area (Å²) in [7, 11) is 0. The highest BCUT2D eigenvalue weighted by Crippen LogP contribution is 2.75. The third-order valence-corrected chi connectivity index (χ3v) is 13.3. The SMILES string of the molecule is CCOC(=O)[C@]12CCC(C)(C)C[C@@H]1C1=CC[C@@H]3[C@@]4(C)CC[C@H](O)C(C)(C)C4CC[C@@]3(C)[C@]1(C)CC2. The van der Waals surface area contributed by atoms with Crippen molar-refractivity contribution in [1.82, 2.24) is 0 Å². The average molecular weight is 485 g/mol. The fourth-order valence-electron chi connectivity index (χ4n) is 10.9. The van der Waals surface area contributed by atoms with Crippen LogP contribution in [-0.4, -0.2) is 23.8 Å². The Labute approximate surface area is 214 Å². The van der Waals surface area contributed by atoms with Gasteiger partial charge in [-0.3, -0.25) is 4.79 Å². The number of aliphatic hydroxyl groups is 1. The second kappa shape index (κ2) is 7.84. The molecule has 1 N–H and O–H groups in total. The van der Waals surface area contributed by atoms with Crippen LogP contribution in [0.15, 0.2) is 11.6 Å². The Kier molecular flexibility index (Phi) is 5.78. The molecule has 0 aliphatic heterocycles. The predicted octanol–water partition coefficient (Wildman–Crippen LogP) is 7.71. The Balaban J connectivity index is 1.59. The van der Waals surface area contributed by atoms with E-state index in [-0.39, 0.29) is 44.6 Å². The molecule has 0 radical (unpaired) electrons. The zero-order chi connectivity index (χ0) is 25.7. The van der Waals surface area contributed by atoms with E-state index in [1.807, 2.05) is 6.92 Å². The van der Waals surface area contributed by atoms with Gasteiger partial charge in [-0.25, -0.2) is 0 Å². The summed E-state index contributed by atoms with van der Waals surface area (Å²) in [6.07, 6.45) is 13.4. The van der Waals surface area contributed by atoms with Crippen molar-refractivity contribution in [3.05, 3.63) is 11.6 Å². The number of ether oxygens (including phenoxy) is 1. The van der Waals surface area contributed by atoms with Crippen molar-refractivity contribution < 1.29 is 14.6 Å². The van der Waals surface area contributed by atoms with Crippen molar-refractivity contribution in [2.75, 3.05) is 6.61 Å². The Morgan fingerprint density at radius 1 is 0.943 bits per heavy atom. The first-order chi connectivity index (χ1) is 16.2. The molecule has 4 fully saturated rings. The molecule has 0 aromatic rings. The zero-order valence-electron chi connectivity index (χ0n) is 23.9. The van der Waals surface area contributed by atoms with Crippen molar-refractivity contribution in [3.8, 4) is 0 Å². The molecule has 5 aliphatic carbocycles. The van der Waals surface area contributed by atoms with Crippen LogP contribution < -0.4 is 0 Å². The second-order valence-electron chi connectivity index (χ2n) is 15.5. The Morgan fingerprint density at radius 2 is 1.63 bits per heavy atom. The number of carbonyl (C=O) groups is 1. The number of carbonyl (C=O) groups excluding carboxylic acids is 1. The number of hydrogen-bond donors (Lipinski definition) is 1. The zero-order valence-corrected chi connectivity index (χ0v) is 23.9. The lowest BCUT2D eigenvalue weighted by Gasteiger charge is -2.71. The fraction of sp³-hybridized carbons (Fsp3) is 0.906. The molecular weight excluding hydrogens is 432 g/mol. The van der Waals surface area contributed by atoms with Gasteiger partial charge in [0, 0.05) is 0 Å². The first-order valence-electron chi connectivity index (χ1n) is 14.7. The molecule has 0 heterocycles. The number of allylic oxidation sites excluding steroid dienone is 2. The van der Waals surface area contributed by atoms with Crippen LogP contribution in [0.5, 0.6) is 0 Å². The average Bonchev–Trinajstić information content (AvgIpc) is 2.77. The maximum Gasteiger partial charge on any atom is 0.312 e. The van der Waals surface area contributed by atoms with Crippen molar-refractivity contribution in [3.63, 3.8) is 0 Å². The first kappa shape index (κ1) is 25.8. The van der Waals surface area contributed by atoms with Gasteiger partial charge in [-0.2, -0.15) is 0 Å². The largest absolute Gasteiger partial charge is 0.466 e. The van der Waals surface area contributed by atoms with Gasteiger partial charge in [-0.05, 0) is 116 Å². The monoisotopic (exact) mass is 484 g/mol. The molecule has 0 bridgehead atoms. The van der Waals surface area contributed by atoms with E-state index >= 15 is 0 Å².